The molecule has 0 saturated carbocycles. The zero-order chi connectivity index (χ0) is 9.84. The van der Waals surface area contributed by atoms with Gasteiger partial charge < -0.3 is 5.11 Å². The van der Waals surface area contributed by atoms with Crippen molar-refractivity contribution in [1.82, 2.24) is 4.98 Å². The first kappa shape index (κ1) is 10.1. The summed E-state index contributed by atoms with van der Waals surface area (Å²) in [6.07, 6.45) is 5.07. The lowest BCUT2D eigenvalue weighted by Crippen LogP contribution is -1.94. The average molecular weight is 213 g/mol. The summed E-state index contributed by atoms with van der Waals surface area (Å²) in [5, 5.41) is 8.73. The number of terminal acetylenes is 1. The number of aromatic nitrogens is 1. The molecule has 68 valence electrons. The predicted octanol–water partition coefficient (Wildman–Crippen LogP) is 1.88. The van der Waals surface area contributed by atoms with Crippen LogP contribution in [0, 0.1) is 19.3 Å². The van der Waals surface area contributed by atoms with Gasteiger partial charge in [0.25, 0.3) is 0 Å². The molecule has 0 aliphatic heterocycles. The van der Waals surface area contributed by atoms with Gasteiger partial charge in [0, 0.05) is 0 Å². The summed E-state index contributed by atoms with van der Waals surface area (Å²) >= 11 is 2.55. The number of carboxylic acids is 1. The molecule has 0 unspecified atom stereocenters. The Balaban J connectivity index is 2.84. The zero-order valence-electron chi connectivity index (χ0n) is 6.90. The monoisotopic (exact) mass is 213 g/mol. The van der Waals surface area contributed by atoms with Gasteiger partial charge in [0.1, 0.15) is 4.88 Å². The normalized spacial score (nSPS) is 9.54. The molecule has 0 fully saturated rings. The van der Waals surface area contributed by atoms with Gasteiger partial charge in [-0.15, -0.1) is 17.8 Å². The number of carbonyl (C=O) groups is 1. The number of aryl methyl sites for hydroxylation is 1. The standard InChI is InChI=1S/C8H7NO2S2/c1-3-4-12-8-9-5(2)6(13-8)7(10)11/h1H,4H2,2H3,(H,10,11). The first-order valence-corrected chi connectivity index (χ1v) is 5.22. The maximum Gasteiger partial charge on any atom is 0.347 e. The van der Waals surface area contributed by atoms with Gasteiger partial charge in [-0.1, -0.05) is 17.7 Å². The van der Waals surface area contributed by atoms with Crippen LogP contribution >= 0.6 is 23.1 Å². The van der Waals surface area contributed by atoms with Crippen LogP contribution in [0.15, 0.2) is 4.34 Å². The SMILES string of the molecule is C#CCSc1nc(C)c(C(=O)O)s1. The van der Waals surface area contributed by atoms with Crippen molar-refractivity contribution in [2.24, 2.45) is 0 Å². The molecule has 0 amide bonds. The number of nitrogens with zero attached hydrogens (tertiary/aromatic N) is 1. The number of carboxylic acid groups (broad SMARTS) is 1. The van der Waals surface area contributed by atoms with Gasteiger partial charge >= 0.3 is 5.97 Å². The summed E-state index contributed by atoms with van der Waals surface area (Å²) < 4.78 is 0.716. The van der Waals surface area contributed by atoms with Gasteiger partial charge in [0.15, 0.2) is 4.34 Å². The molecule has 0 atom stereocenters. The summed E-state index contributed by atoms with van der Waals surface area (Å²) in [5.41, 5.74) is 0.553. The highest BCUT2D eigenvalue weighted by atomic mass is 32.2. The van der Waals surface area contributed by atoms with Crippen molar-refractivity contribution < 1.29 is 9.90 Å². The lowest BCUT2D eigenvalue weighted by atomic mass is 10.4. The van der Waals surface area contributed by atoms with E-state index in [0.717, 1.165) is 11.3 Å². The minimum Gasteiger partial charge on any atom is -0.477 e. The van der Waals surface area contributed by atoms with Crippen LogP contribution in [-0.2, 0) is 0 Å². The third-order valence-electron chi connectivity index (χ3n) is 1.25. The minimum absolute atomic E-state index is 0.291. The Hall–Kier alpha value is -0.990. The number of aromatic carboxylic acids is 1. The predicted molar refractivity (Wildman–Crippen MR) is 53.4 cm³/mol. The summed E-state index contributed by atoms with van der Waals surface area (Å²) in [5.74, 6) is 2.05. The average Bonchev–Trinajstić information content (AvgIpc) is 2.43. The second-order valence-corrected chi connectivity index (χ2v) is 4.41. The van der Waals surface area contributed by atoms with Gasteiger partial charge in [-0.05, 0) is 6.92 Å². The fraction of sp³-hybridized carbons (Fsp3) is 0.250. The molecule has 0 radical (unpaired) electrons. The lowest BCUT2D eigenvalue weighted by molar-refractivity contribution is 0.0701. The van der Waals surface area contributed by atoms with Gasteiger partial charge in [-0.25, -0.2) is 9.78 Å². The van der Waals surface area contributed by atoms with Crippen molar-refractivity contribution in [3.05, 3.63) is 10.6 Å². The number of hydrogen-bond donors (Lipinski definition) is 1. The molecule has 1 heterocycles. The molecule has 0 aliphatic rings. The molecule has 1 rings (SSSR count). The fourth-order valence-electron chi connectivity index (χ4n) is 0.735. The van der Waals surface area contributed by atoms with Gasteiger partial charge in [-0.3, -0.25) is 0 Å². The van der Waals surface area contributed by atoms with E-state index < -0.39 is 5.97 Å². The molecule has 1 N–H and O–H groups in total. The van der Waals surface area contributed by atoms with Crippen LogP contribution in [0.3, 0.4) is 0 Å². The lowest BCUT2D eigenvalue weighted by Gasteiger charge is -1.85. The van der Waals surface area contributed by atoms with E-state index in [9.17, 15) is 4.79 Å². The highest BCUT2D eigenvalue weighted by Gasteiger charge is 2.13. The number of hydrogen-bond acceptors (Lipinski definition) is 4. The third-order valence-corrected chi connectivity index (χ3v) is 3.44. The summed E-state index contributed by atoms with van der Waals surface area (Å²) in [4.78, 5) is 15.0. The molecule has 13 heavy (non-hydrogen) atoms. The molecule has 0 aromatic carbocycles. The van der Waals surface area contributed by atoms with Crippen LogP contribution in [-0.4, -0.2) is 21.8 Å². The molecule has 1 aromatic heterocycles. The van der Waals surface area contributed by atoms with Crippen LogP contribution in [0.1, 0.15) is 15.4 Å². The number of rotatable bonds is 3. The molecule has 0 aliphatic carbocycles. The second kappa shape index (κ2) is 4.30. The Labute approximate surface area is 84.2 Å². The van der Waals surface area contributed by atoms with E-state index in [4.69, 9.17) is 11.5 Å². The Morgan fingerprint density at radius 2 is 2.54 bits per heavy atom. The Morgan fingerprint density at radius 3 is 3.00 bits per heavy atom. The molecule has 0 bridgehead atoms. The van der Waals surface area contributed by atoms with Crippen molar-refractivity contribution >= 4 is 29.1 Å². The molecule has 0 spiro atoms. The van der Waals surface area contributed by atoms with Crippen LogP contribution < -0.4 is 0 Å². The maximum absolute atomic E-state index is 10.6. The van der Waals surface area contributed by atoms with Crippen molar-refractivity contribution in [2.45, 2.75) is 11.3 Å². The molecule has 1 aromatic rings. The van der Waals surface area contributed by atoms with Crippen molar-refractivity contribution in [1.29, 1.82) is 0 Å². The van der Waals surface area contributed by atoms with E-state index in [2.05, 4.69) is 10.9 Å². The number of thioether (sulfide) groups is 1. The van der Waals surface area contributed by atoms with Gasteiger partial charge in [0.05, 0.1) is 11.4 Å². The number of thiazole rings is 1. The van der Waals surface area contributed by atoms with Crippen molar-refractivity contribution in [2.75, 3.05) is 5.75 Å². The van der Waals surface area contributed by atoms with E-state index in [-0.39, 0.29) is 0 Å². The largest absolute Gasteiger partial charge is 0.477 e. The second-order valence-electron chi connectivity index (χ2n) is 2.19. The van der Waals surface area contributed by atoms with E-state index in [0.29, 0.717) is 20.7 Å². The first-order valence-electron chi connectivity index (χ1n) is 3.42. The van der Waals surface area contributed by atoms with Gasteiger partial charge in [-0.2, -0.15) is 0 Å². The fourth-order valence-corrected chi connectivity index (χ4v) is 2.44. The highest BCUT2D eigenvalue weighted by Crippen LogP contribution is 2.26. The Bertz CT molecular complexity index is 365. The highest BCUT2D eigenvalue weighted by molar-refractivity contribution is 8.01. The molecular weight excluding hydrogens is 206 g/mol. The first-order chi connectivity index (χ1) is 6.15. The van der Waals surface area contributed by atoms with Crippen LogP contribution in [0.2, 0.25) is 0 Å². The van der Waals surface area contributed by atoms with E-state index in [1.807, 2.05) is 0 Å². The molecular formula is C8H7NO2S2. The van der Waals surface area contributed by atoms with Crippen LogP contribution in [0.25, 0.3) is 0 Å². The topological polar surface area (TPSA) is 50.2 Å². The summed E-state index contributed by atoms with van der Waals surface area (Å²) in [7, 11) is 0. The summed E-state index contributed by atoms with van der Waals surface area (Å²) in [6, 6.07) is 0. The zero-order valence-corrected chi connectivity index (χ0v) is 8.54. The maximum atomic E-state index is 10.6. The van der Waals surface area contributed by atoms with Gasteiger partial charge in [0.2, 0.25) is 0 Å². The molecule has 5 heteroatoms. The Kier molecular flexibility index (Phi) is 3.34. The van der Waals surface area contributed by atoms with E-state index >= 15 is 0 Å². The van der Waals surface area contributed by atoms with Crippen LogP contribution in [0.5, 0.6) is 0 Å². The third kappa shape index (κ3) is 2.47. The Morgan fingerprint density at radius 1 is 1.85 bits per heavy atom. The van der Waals surface area contributed by atoms with E-state index in [1.165, 1.54) is 11.8 Å². The summed E-state index contributed by atoms with van der Waals surface area (Å²) in [6.45, 7) is 1.68. The van der Waals surface area contributed by atoms with Crippen LogP contribution in [0.4, 0.5) is 0 Å². The van der Waals surface area contributed by atoms with Crippen molar-refractivity contribution in [3.8, 4) is 12.3 Å². The smallest absolute Gasteiger partial charge is 0.347 e. The quantitative estimate of drug-likeness (QED) is 0.615. The van der Waals surface area contributed by atoms with E-state index in [1.54, 1.807) is 6.92 Å². The minimum atomic E-state index is -0.928. The molecule has 0 saturated heterocycles. The molecule has 3 nitrogen and oxygen atoms in total. The van der Waals surface area contributed by atoms with Crippen molar-refractivity contribution in [3.63, 3.8) is 0 Å².